The van der Waals surface area contributed by atoms with Crippen LogP contribution in [0.2, 0.25) is 10.0 Å². The number of hydrogen-bond acceptors (Lipinski definition) is 2. The van der Waals surface area contributed by atoms with E-state index in [1.54, 1.807) is 24.3 Å². The predicted molar refractivity (Wildman–Crippen MR) is 92.4 cm³/mol. The van der Waals surface area contributed by atoms with Crippen molar-refractivity contribution < 1.29 is 9.18 Å². The van der Waals surface area contributed by atoms with Gasteiger partial charge < -0.3 is 5.32 Å². The van der Waals surface area contributed by atoms with Gasteiger partial charge >= 0.3 is 0 Å². The van der Waals surface area contributed by atoms with E-state index in [2.05, 4.69) is 5.32 Å². The molecule has 2 rings (SSSR count). The van der Waals surface area contributed by atoms with Crippen LogP contribution in [-0.2, 0) is 10.5 Å². The summed E-state index contributed by atoms with van der Waals surface area (Å²) in [4.78, 5) is 11.9. The molecule has 116 valence electrons. The molecule has 0 atom stereocenters. The number of carbonyl (C=O) groups excluding carboxylic acids is 1. The SMILES string of the molecule is Cc1ccc(NC(=O)CSCc2c(F)cccc2Cl)c(Cl)c1. The van der Waals surface area contributed by atoms with E-state index in [4.69, 9.17) is 23.2 Å². The van der Waals surface area contributed by atoms with Crippen LogP contribution < -0.4 is 5.32 Å². The van der Waals surface area contributed by atoms with Crippen molar-refractivity contribution in [2.24, 2.45) is 0 Å². The highest BCUT2D eigenvalue weighted by atomic mass is 35.5. The van der Waals surface area contributed by atoms with E-state index < -0.39 is 0 Å². The van der Waals surface area contributed by atoms with Gasteiger partial charge in [-0.2, -0.15) is 0 Å². The first-order chi connectivity index (χ1) is 10.5. The molecule has 0 saturated heterocycles. The summed E-state index contributed by atoms with van der Waals surface area (Å²) in [5.74, 6) is -0.0275. The van der Waals surface area contributed by atoms with Gasteiger partial charge in [0.25, 0.3) is 0 Å². The molecule has 0 unspecified atom stereocenters. The molecule has 0 heterocycles. The van der Waals surface area contributed by atoms with Crippen LogP contribution in [0.1, 0.15) is 11.1 Å². The summed E-state index contributed by atoms with van der Waals surface area (Å²) in [6.45, 7) is 1.92. The molecule has 0 aromatic heterocycles. The Morgan fingerprint density at radius 3 is 2.68 bits per heavy atom. The fraction of sp³-hybridized carbons (Fsp3) is 0.188. The summed E-state index contributed by atoms with van der Waals surface area (Å²) in [6.07, 6.45) is 0. The van der Waals surface area contributed by atoms with Gasteiger partial charge in [0.15, 0.2) is 0 Å². The molecule has 22 heavy (non-hydrogen) atoms. The Morgan fingerprint density at radius 1 is 1.23 bits per heavy atom. The van der Waals surface area contributed by atoms with Crippen LogP contribution in [0.5, 0.6) is 0 Å². The molecule has 0 aliphatic rings. The zero-order valence-electron chi connectivity index (χ0n) is 11.8. The molecule has 1 amide bonds. The normalized spacial score (nSPS) is 10.5. The van der Waals surface area contributed by atoms with Gasteiger partial charge in [-0.15, -0.1) is 11.8 Å². The van der Waals surface area contributed by atoms with Gasteiger partial charge in [-0.05, 0) is 36.8 Å². The highest BCUT2D eigenvalue weighted by Crippen LogP contribution is 2.25. The second kappa shape index (κ2) is 7.86. The first-order valence-electron chi connectivity index (χ1n) is 6.54. The number of aryl methyl sites for hydroxylation is 1. The number of nitrogens with one attached hydrogen (secondary N) is 1. The van der Waals surface area contributed by atoms with Gasteiger partial charge in [-0.3, -0.25) is 4.79 Å². The van der Waals surface area contributed by atoms with E-state index in [1.165, 1.54) is 17.8 Å². The third-order valence-electron chi connectivity index (χ3n) is 2.94. The quantitative estimate of drug-likeness (QED) is 0.785. The van der Waals surface area contributed by atoms with Crippen molar-refractivity contribution in [2.75, 3.05) is 11.1 Å². The van der Waals surface area contributed by atoms with Gasteiger partial charge in [-0.1, -0.05) is 35.3 Å². The Labute approximate surface area is 143 Å². The molecule has 0 bridgehead atoms. The molecule has 1 N–H and O–H groups in total. The molecular weight excluding hydrogens is 344 g/mol. The largest absolute Gasteiger partial charge is 0.324 e. The number of anilines is 1. The van der Waals surface area contributed by atoms with E-state index >= 15 is 0 Å². The van der Waals surface area contributed by atoms with Gasteiger partial charge in [0.05, 0.1) is 16.5 Å². The van der Waals surface area contributed by atoms with Crippen LogP contribution in [-0.4, -0.2) is 11.7 Å². The van der Waals surface area contributed by atoms with E-state index in [-0.39, 0.29) is 17.5 Å². The van der Waals surface area contributed by atoms with Crippen molar-refractivity contribution in [3.05, 3.63) is 63.4 Å². The molecule has 0 aliphatic heterocycles. The van der Waals surface area contributed by atoms with E-state index in [0.717, 1.165) is 5.56 Å². The Hall–Kier alpha value is -1.23. The number of thioether (sulfide) groups is 1. The Bertz CT molecular complexity index is 674. The lowest BCUT2D eigenvalue weighted by Crippen LogP contribution is -2.14. The standard InChI is InChI=1S/C16H14Cl2FNOS/c1-10-5-6-15(13(18)7-10)20-16(21)9-22-8-11-12(17)3-2-4-14(11)19/h2-7H,8-9H2,1H3,(H,20,21). The highest BCUT2D eigenvalue weighted by molar-refractivity contribution is 7.99. The third kappa shape index (κ3) is 4.63. The van der Waals surface area contributed by atoms with Crippen molar-refractivity contribution in [3.8, 4) is 0 Å². The number of halogens is 3. The monoisotopic (exact) mass is 357 g/mol. The molecule has 0 fully saturated rings. The number of benzene rings is 2. The minimum Gasteiger partial charge on any atom is -0.324 e. The summed E-state index contributed by atoms with van der Waals surface area (Å²) < 4.78 is 13.6. The number of carbonyl (C=O) groups is 1. The maximum Gasteiger partial charge on any atom is 0.234 e. The molecule has 2 nitrogen and oxygen atoms in total. The van der Waals surface area contributed by atoms with E-state index in [1.807, 2.05) is 13.0 Å². The second-order valence-electron chi connectivity index (χ2n) is 4.72. The molecular formula is C16H14Cl2FNOS. The maximum absolute atomic E-state index is 13.6. The molecule has 0 saturated carbocycles. The lowest BCUT2D eigenvalue weighted by Gasteiger charge is -2.08. The molecule has 0 radical (unpaired) electrons. The lowest BCUT2D eigenvalue weighted by molar-refractivity contribution is -0.113. The Balaban J connectivity index is 1.88. The predicted octanol–water partition coefficient (Wildman–Crippen LogP) is 5.31. The molecule has 0 aliphatic carbocycles. The Morgan fingerprint density at radius 2 is 2.00 bits per heavy atom. The van der Waals surface area contributed by atoms with E-state index in [9.17, 15) is 9.18 Å². The van der Waals surface area contributed by atoms with Gasteiger partial charge in [0.1, 0.15) is 5.82 Å². The summed E-state index contributed by atoms with van der Waals surface area (Å²) in [6, 6.07) is 9.95. The average molecular weight is 358 g/mol. The Kier molecular flexibility index (Phi) is 6.12. The van der Waals surface area contributed by atoms with Gasteiger partial charge in [0, 0.05) is 16.3 Å². The summed E-state index contributed by atoms with van der Waals surface area (Å²) in [5, 5.41) is 3.60. The highest BCUT2D eigenvalue weighted by Gasteiger charge is 2.10. The minimum atomic E-state index is -0.359. The number of amides is 1. The summed E-state index contributed by atoms with van der Waals surface area (Å²) in [5.41, 5.74) is 2.00. The molecule has 2 aromatic carbocycles. The maximum atomic E-state index is 13.6. The third-order valence-corrected chi connectivity index (χ3v) is 4.57. The van der Waals surface area contributed by atoms with Crippen molar-refractivity contribution in [1.29, 1.82) is 0 Å². The minimum absolute atomic E-state index is 0.189. The smallest absolute Gasteiger partial charge is 0.234 e. The first kappa shape index (κ1) is 17.1. The first-order valence-corrected chi connectivity index (χ1v) is 8.45. The van der Waals surface area contributed by atoms with Crippen LogP contribution in [0.3, 0.4) is 0 Å². The summed E-state index contributed by atoms with van der Waals surface area (Å²) >= 11 is 13.3. The molecule has 2 aromatic rings. The van der Waals surface area contributed by atoms with Gasteiger partial charge in [-0.25, -0.2) is 4.39 Å². The van der Waals surface area contributed by atoms with Crippen LogP contribution in [0.4, 0.5) is 10.1 Å². The van der Waals surface area contributed by atoms with Crippen LogP contribution in [0.25, 0.3) is 0 Å². The molecule has 0 spiro atoms. The number of rotatable bonds is 5. The van der Waals surface area contributed by atoms with Crippen molar-refractivity contribution in [2.45, 2.75) is 12.7 Å². The van der Waals surface area contributed by atoms with Crippen LogP contribution >= 0.6 is 35.0 Å². The fourth-order valence-electron chi connectivity index (χ4n) is 1.82. The zero-order chi connectivity index (χ0) is 16.1. The van der Waals surface area contributed by atoms with E-state index in [0.29, 0.717) is 27.0 Å². The van der Waals surface area contributed by atoms with Crippen LogP contribution in [0.15, 0.2) is 36.4 Å². The topological polar surface area (TPSA) is 29.1 Å². The zero-order valence-corrected chi connectivity index (χ0v) is 14.2. The molecule has 6 heteroatoms. The van der Waals surface area contributed by atoms with Crippen molar-refractivity contribution in [3.63, 3.8) is 0 Å². The second-order valence-corrected chi connectivity index (χ2v) is 6.52. The van der Waals surface area contributed by atoms with Gasteiger partial charge in [0.2, 0.25) is 5.91 Å². The van der Waals surface area contributed by atoms with Crippen molar-refractivity contribution >= 4 is 46.6 Å². The summed E-state index contributed by atoms with van der Waals surface area (Å²) in [7, 11) is 0. The average Bonchev–Trinajstić information content (AvgIpc) is 2.45. The van der Waals surface area contributed by atoms with Crippen molar-refractivity contribution in [1.82, 2.24) is 0 Å². The number of hydrogen-bond donors (Lipinski definition) is 1. The van der Waals surface area contributed by atoms with Crippen LogP contribution in [0, 0.1) is 12.7 Å². The lowest BCUT2D eigenvalue weighted by atomic mass is 10.2. The fourth-order valence-corrected chi connectivity index (χ4v) is 3.27.